The van der Waals surface area contributed by atoms with Crippen molar-refractivity contribution < 1.29 is 0 Å². The van der Waals surface area contributed by atoms with E-state index in [1.807, 2.05) is 27.7 Å². The van der Waals surface area contributed by atoms with Gasteiger partial charge in [0.15, 0.2) is 0 Å². The molecule has 1 rings (SSSR count). The largest absolute Gasteiger partial charge is 0.384 e. The molecule has 0 aliphatic heterocycles. The van der Waals surface area contributed by atoms with E-state index >= 15 is 0 Å². The molecule has 1 aromatic rings. The Morgan fingerprint density at radius 3 is 1.74 bits per heavy atom. The molecular formula is C22H48N2S3. The molecule has 1 N–H and O–H groups in total. The molecule has 0 saturated carbocycles. The minimum Gasteiger partial charge on any atom is -0.384 e. The summed E-state index contributed by atoms with van der Waals surface area (Å²) in [7, 11) is 2.19. The Hall–Kier alpha value is 0.0300. The molecule has 0 atom stereocenters. The molecule has 0 fully saturated rings. The van der Waals surface area contributed by atoms with E-state index in [1.54, 1.807) is 6.26 Å². The number of rotatable bonds is 9. The van der Waals surface area contributed by atoms with Crippen LogP contribution in [0.3, 0.4) is 0 Å². The highest BCUT2D eigenvalue weighted by atomic mass is 32.1. The third-order valence-electron chi connectivity index (χ3n) is 3.24. The molecule has 5 heteroatoms. The molecular weight excluding hydrogens is 388 g/mol. The molecule has 0 radical (unpaired) electrons. The van der Waals surface area contributed by atoms with Crippen molar-refractivity contribution in [2.75, 3.05) is 38.3 Å². The maximum absolute atomic E-state index is 5.26. The van der Waals surface area contributed by atoms with Gasteiger partial charge in [-0.15, -0.1) is 0 Å². The molecule has 164 valence electrons. The highest BCUT2D eigenvalue weighted by molar-refractivity contribution is 7.79. The first-order valence-electron chi connectivity index (χ1n) is 10.7. The molecule has 0 bridgehead atoms. The van der Waals surface area contributed by atoms with Crippen LogP contribution in [-0.2, 0) is 6.42 Å². The van der Waals surface area contributed by atoms with Crippen LogP contribution in [0.5, 0.6) is 0 Å². The van der Waals surface area contributed by atoms with Gasteiger partial charge in [-0.2, -0.15) is 12.6 Å². The van der Waals surface area contributed by atoms with Crippen molar-refractivity contribution in [1.29, 1.82) is 0 Å². The normalized spacial score (nSPS) is 8.89. The van der Waals surface area contributed by atoms with Crippen LogP contribution in [0.15, 0.2) is 0 Å². The van der Waals surface area contributed by atoms with E-state index < -0.39 is 0 Å². The Balaban J connectivity index is -0.000000253. The number of nitrogens with one attached hydrogen (secondary N) is 1. The summed E-state index contributed by atoms with van der Waals surface area (Å²) in [4.78, 5) is 2.39. The Labute approximate surface area is 187 Å². The predicted molar refractivity (Wildman–Crippen MR) is 139 cm³/mol. The summed E-state index contributed by atoms with van der Waals surface area (Å²) >= 11 is 14.0. The zero-order valence-corrected chi connectivity index (χ0v) is 22.4. The van der Waals surface area contributed by atoms with Crippen LogP contribution in [0.1, 0.15) is 86.6 Å². The van der Waals surface area contributed by atoms with Crippen LogP contribution < -0.4 is 5.32 Å². The molecule has 0 heterocycles. The van der Waals surface area contributed by atoms with Crippen molar-refractivity contribution in [3.63, 3.8) is 0 Å². The fraction of sp³-hybridized carbons (Fsp3) is 0.818. The second kappa shape index (κ2) is 28.2. The SMILES string of the molecule is CC.CC.CCC.CCCN(C)CCCCNc1c(CC)c(=S)c1=S.CS. The molecule has 0 amide bonds. The zero-order chi connectivity index (χ0) is 22.3. The monoisotopic (exact) mass is 436 g/mol. The van der Waals surface area contributed by atoms with Gasteiger partial charge in [-0.25, -0.2) is 0 Å². The van der Waals surface area contributed by atoms with Crippen LogP contribution in [0, 0.1) is 9.02 Å². The molecule has 0 aliphatic carbocycles. The van der Waals surface area contributed by atoms with E-state index in [9.17, 15) is 0 Å². The van der Waals surface area contributed by atoms with Gasteiger partial charge < -0.3 is 10.2 Å². The number of hydrogen-bond donors (Lipinski definition) is 2. The zero-order valence-electron chi connectivity index (χ0n) is 19.9. The van der Waals surface area contributed by atoms with Gasteiger partial charge in [0.05, 0.1) is 14.7 Å². The number of anilines is 1. The van der Waals surface area contributed by atoms with Gasteiger partial charge in [0.2, 0.25) is 0 Å². The molecule has 0 unspecified atom stereocenters. The number of unbranched alkanes of at least 4 members (excludes halogenated alkanes) is 1. The molecule has 0 spiro atoms. The van der Waals surface area contributed by atoms with Gasteiger partial charge in [0.1, 0.15) is 0 Å². The third-order valence-corrected chi connectivity index (χ3v) is 4.22. The van der Waals surface area contributed by atoms with Crippen LogP contribution in [0.25, 0.3) is 0 Å². The van der Waals surface area contributed by atoms with Crippen LogP contribution in [0.4, 0.5) is 5.69 Å². The lowest BCUT2D eigenvalue weighted by molar-refractivity contribution is 0.328. The van der Waals surface area contributed by atoms with E-state index in [0.717, 1.165) is 27.7 Å². The van der Waals surface area contributed by atoms with Gasteiger partial charge >= 0.3 is 0 Å². The van der Waals surface area contributed by atoms with Crippen LogP contribution in [-0.4, -0.2) is 37.8 Å². The topological polar surface area (TPSA) is 15.3 Å². The summed E-state index contributed by atoms with van der Waals surface area (Å²) in [5.74, 6) is 0. The van der Waals surface area contributed by atoms with Crippen molar-refractivity contribution in [2.45, 2.75) is 87.5 Å². The third kappa shape index (κ3) is 17.8. The first kappa shape index (κ1) is 34.5. The summed E-state index contributed by atoms with van der Waals surface area (Å²) in [6.45, 7) is 20.0. The molecule has 0 aliphatic rings. The average Bonchev–Trinajstić information content (AvgIpc) is 2.71. The van der Waals surface area contributed by atoms with Crippen molar-refractivity contribution in [3.8, 4) is 0 Å². The van der Waals surface area contributed by atoms with Crippen LogP contribution in [0.2, 0.25) is 0 Å². The van der Waals surface area contributed by atoms with Gasteiger partial charge in [0, 0.05) is 6.54 Å². The Morgan fingerprint density at radius 2 is 1.33 bits per heavy atom. The van der Waals surface area contributed by atoms with Crippen molar-refractivity contribution in [3.05, 3.63) is 14.6 Å². The fourth-order valence-corrected chi connectivity index (χ4v) is 2.84. The lowest BCUT2D eigenvalue weighted by Gasteiger charge is -2.17. The van der Waals surface area contributed by atoms with E-state index in [1.165, 1.54) is 44.3 Å². The summed E-state index contributed by atoms with van der Waals surface area (Å²) < 4.78 is 1.77. The minimum absolute atomic E-state index is 0.866. The second-order valence-electron chi connectivity index (χ2n) is 5.51. The molecule has 0 aromatic heterocycles. The van der Waals surface area contributed by atoms with Crippen molar-refractivity contribution in [2.24, 2.45) is 0 Å². The van der Waals surface area contributed by atoms with Gasteiger partial charge in [0.25, 0.3) is 0 Å². The number of hydrogen-bond acceptors (Lipinski definition) is 5. The lowest BCUT2D eigenvalue weighted by atomic mass is 10.1. The molecule has 0 saturated heterocycles. The molecule has 1 aromatic carbocycles. The average molecular weight is 437 g/mol. The van der Waals surface area contributed by atoms with Crippen LogP contribution >= 0.6 is 37.1 Å². The quantitative estimate of drug-likeness (QED) is 0.230. The van der Waals surface area contributed by atoms with E-state index in [4.69, 9.17) is 24.4 Å². The maximum Gasteiger partial charge on any atom is 0.0796 e. The smallest absolute Gasteiger partial charge is 0.0796 e. The van der Waals surface area contributed by atoms with Crippen molar-refractivity contribution >= 4 is 42.8 Å². The van der Waals surface area contributed by atoms with Gasteiger partial charge in [-0.3, -0.25) is 0 Å². The Bertz CT molecular complexity index is 452. The maximum atomic E-state index is 5.26. The summed E-state index contributed by atoms with van der Waals surface area (Å²) in [5, 5.41) is 3.44. The molecule has 2 nitrogen and oxygen atoms in total. The highest BCUT2D eigenvalue weighted by Gasteiger charge is 2.11. The van der Waals surface area contributed by atoms with E-state index in [-0.39, 0.29) is 0 Å². The minimum atomic E-state index is 0.866. The number of thiol groups is 1. The van der Waals surface area contributed by atoms with E-state index in [2.05, 4.69) is 57.6 Å². The molecule has 27 heavy (non-hydrogen) atoms. The highest BCUT2D eigenvalue weighted by Crippen LogP contribution is 2.26. The summed E-state index contributed by atoms with van der Waals surface area (Å²) in [6.07, 6.45) is 7.58. The van der Waals surface area contributed by atoms with E-state index in [0.29, 0.717) is 0 Å². The second-order valence-corrected chi connectivity index (χ2v) is 6.33. The first-order chi connectivity index (χ1) is 13.0. The van der Waals surface area contributed by atoms with Crippen molar-refractivity contribution in [1.82, 2.24) is 4.90 Å². The van der Waals surface area contributed by atoms with Gasteiger partial charge in [-0.05, 0) is 57.6 Å². The standard InChI is InChI=1S/C14H24N2S2.C3H8.2C2H6.CH4S/c1-4-9-16(3)10-7-6-8-15-12-11(5-2)13(17)14(12)18;1-3-2;3*1-2/h15H,4-10H2,1-3H3;3H2,1-2H3;2*1-2H3;2H,1H3. The fourth-order valence-electron chi connectivity index (χ4n) is 2.18. The Kier molecular flexibility index (Phi) is 36.1. The predicted octanol–water partition coefficient (Wildman–Crippen LogP) is 8.13. The Morgan fingerprint density at radius 1 is 0.852 bits per heavy atom. The van der Waals surface area contributed by atoms with Gasteiger partial charge in [-0.1, -0.05) is 86.2 Å². The lowest BCUT2D eigenvalue weighted by Crippen LogP contribution is -2.21. The number of nitrogens with zero attached hydrogens (tertiary/aromatic N) is 1. The summed E-state index contributed by atoms with van der Waals surface area (Å²) in [6, 6.07) is 0. The summed E-state index contributed by atoms with van der Waals surface area (Å²) in [5.41, 5.74) is 2.39. The first-order valence-corrected chi connectivity index (χ1v) is 12.4.